The van der Waals surface area contributed by atoms with E-state index in [1.807, 2.05) is 30.3 Å². The van der Waals surface area contributed by atoms with Crippen molar-refractivity contribution in [2.75, 3.05) is 5.32 Å². The molecule has 2 heterocycles. The molecule has 3 rings (SSSR count). The van der Waals surface area contributed by atoms with Crippen LogP contribution in [-0.4, -0.2) is 34.7 Å². The highest BCUT2D eigenvalue weighted by Gasteiger charge is 2.22. The standard InChI is InChI=1S/C15H16N6O4S2/c1-9(2)13(22)18-14-19-20-15(26-14)27(23,24)16-8-11-17-12(21-25-11)10-6-4-3-5-7-10/h3-7,9,16H,8H2,1-2H3,(H,18,19,22). The second kappa shape index (κ2) is 7.90. The van der Waals surface area contributed by atoms with Gasteiger partial charge in [0.1, 0.15) is 0 Å². The maximum absolute atomic E-state index is 12.3. The molecule has 0 atom stereocenters. The lowest BCUT2D eigenvalue weighted by Gasteiger charge is -2.02. The van der Waals surface area contributed by atoms with Crippen LogP contribution in [0.15, 0.2) is 39.2 Å². The molecule has 1 aromatic carbocycles. The first-order valence-electron chi connectivity index (χ1n) is 7.87. The summed E-state index contributed by atoms with van der Waals surface area (Å²) in [4.78, 5) is 15.8. The second-order valence-electron chi connectivity index (χ2n) is 5.72. The van der Waals surface area contributed by atoms with E-state index in [0.29, 0.717) is 5.82 Å². The van der Waals surface area contributed by atoms with Crippen LogP contribution in [0.4, 0.5) is 5.13 Å². The number of sulfonamides is 1. The van der Waals surface area contributed by atoms with Crippen LogP contribution in [-0.2, 0) is 21.4 Å². The van der Waals surface area contributed by atoms with E-state index in [9.17, 15) is 13.2 Å². The molecule has 27 heavy (non-hydrogen) atoms. The van der Waals surface area contributed by atoms with Gasteiger partial charge in [0.2, 0.25) is 27.1 Å². The van der Waals surface area contributed by atoms with Gasteiger partial charge in [-0.1, -0.05) is 60.7 Å². The van der Waals surface area contributed by atoms with Gasteiger partial charge in [-0.3, -0.25) is 4.79 Å². The van der Waals surface area contributed by atoms with Crippen LogP contribution in [0.2, 0.25) is 0 Å². The Morgan fingerprint density at radius 2 is 1.96 bits per heavy atom. The number of hydrogen-bond donors (Lipinski definition) is 2. The molecule has 10 nitrogen and oxygen atoms in total. The molecule has 2 N–H and O–H groups in total. The van der Waals surface area contributed by atoms with Crippen LogP contribution in [0.3, 0.4) is 0 Å². The van der Waals surface area contributed by atoms with E-state index in [4.69, 9.17) is 4.52 Å². The van der Waals surface area contributed by atoms with Crippen molar-refractivity contribution in [3.8, 4) is 11.4 Å². The molecule has 0 saturated heterocycles. The normalized spacial score (nSPS) is 11.7. The van der Waals surface area contributed by atoms with Crippen LogP contribution in [0.5, 0.6) is 0 Å². The number of rotatable bonds is 7. The number of amides is 1. The Labute approximate surface area is 159 Å². The average molecular weight is 408 g/mol. The van der Waals surface area contributed by atoms with Crippen LogP contribution >= 0.6 is 11.3 Å². The number of aromatic nitrogens is 4. The van der Waals surface area contributed by atoms with Crippen molar-refractivity contribution in [2.24, 2.45) is 5.92 Å². The van der Waals surface area contributed by atoms with Gasteiger partial charge in [0.15, 0.2) is 0 Å². The SMILES string of the molecule is CC(C)C(=O)Nc1nnc(S(=O)(=O)NCc2nc(-c3ccccc3)no2)s1. The van der Waals surface area contributed by atoms with Gasteiger partial charge in [0, 0.05) is 11.5 Å². The van der Waals surface area contributed by atoms with Gasteiger partial charge in [-0.25, -0.2) is 8.42 Å². The van der Waals surface area contributed by atoms with Crippen LogP contribution < -0.4 is 10.0 Å². The minimum atomic E-state index is -3.93. The summed E-state index contributed by atoms with van der Waals surface area (Å²) < 4.78 is 31.7. The first-order valence-corrected chi connectivity index (χ1v) is 10.2. The van der Waals surface area contributed by atoms with Gasteiger partial charge in [-0.2, -0.15) is 9.71 Å². The molecule has 142 valence electrons. The van der Waals surface area contributed by atoms with E-state index < -0.39 is 10.0 Å². The van der Waals surface area contributed by atoms with E-state index in [2.05, 4.69) is 30.4 Å². The summed E-state index contributed by atoms with van der Waals surface area (Å²) in [6, 6.07) is 9.15. The number of hydrogen-bond acceptors (Lipinski definition) is 9. The predicted molar refractivity (Wildman–Crippen MR) is 97.1 cm³/mol. The van der Waals surface area contributed by atoms with E-state index >= 15 is 0 Å². The molecule has 0 bridgehead atoms. The fraction of sp³-hybridized carbons (Fsp3) is 0.267. The van der Waals surface area contributed by atoms with Gasteiger partial charge in [-0.15, -0.1) is 10.2 Å². The smallest absolute Gasteiger partial charge is 0.270 e. The van der Waals surface area contributed by atoms with Crippen molar-refractivity contribution in [2.45, 2.75) is 24.7 Å². The van der Waals surface area contributed by atoms with Gasteiger partial charge in [0.05, 0.1) is 6.54 Å². The Morgan fingerprint density at radius 3 is 2.67 bits per heavy atom. The Bertz CT molecular complexity index is 1030. The van der Waals surface area contributed by atoms with Crippen molar-refractivity contribution in [3.63, 3.8) is 0 Å². The zero-order valence-corrected chi connectivity index (χ0v) is 16.0. The lowest BCUT2D eigenvalue weighted by molar-refractivity contribution is -0.118. The molecule has 12 heteroatoms. The highest BCUT2D eigenvalue weighted by Crippen LogP contribution is 2.21. The van der Waals surface area contributed by atoms with Crippen LogP contribution in [0.1, 0.15) is 19.7 Å². The Balaban J connectivity index is 1.65. The van der Waals surface area contributed by atoms with Gasteiger partial charge in [-0.05, 0) is 0 Å². The Hall–Kier alpha value is -2.70. The van der Waals surface area contributed by atoms with Crippen LogP contribution in [0, 0.1) is 5.92 Å². The van der Waals surface area contributed by atoms with Crippen molar-refractivity contribution < 1.29 is 17.7 Å². The summed E-state index contributed by atoms with van der Waals surface area (Å²) in [5.41, 5.74) is 0.755. The number of carbonyl (C=O) groups is 1. The molecule has 0 radical (unpaired) electrons. The van der Waals surface area contributed by atoms with Crippen LogP contribution in [0.25, 0.3) is 11.4 Å². The molecule has 0 aliphatic heterocycles. The molecule has 1 amide bonds. The van der Waals surface area contributed by atoms with Gasteiger partial charge < -0.3 is 9.84 Å². The Kier molecular flexibility index (Phi) is 5.58. The third-order valence-corrected chi connectivity index (χ3v) is 5.91. The largest absolute Gasteiger partial charge is 0.338 e. The van der Waals surface area contributed by atoms with Crippen molar-refractivity contribution in [1.82, 2.24) is 25.1 Å². The van der Waals surface area contributed by atoms with Crippen molar-refractivity contribution in [3.05, 3.63) is 36.2 Å². The average Bonchev–Trinajstić information content (AvgIpc) is 3.30. The zero-order chi connectivity index (χ0) is 19.4. The molecule has 0 unspecified atom stereocenters. The highest BCUT2D eigenvalue weighted by atomic mass is 32.2. The molecule has 0 saturated carbocycles. The second-order valence-corrected chi connectivity index (χ2v) is 8.64. The van der Waals surface area contributed by atoms with E-state index in [-0.39, 0.29) is 33.7 Å². The first-order chi connectivity index (χ1) is 12.8. The minimum Gasteiger partial charge on any atom is -0.338 e. The fourth-order valence-corrected chi connectivity index (χ4v) is 3.79. The minimum absolute atomic E-state index is 0.107. The molecular weight excluding hydrogens is 392 g/mol. The van der Waals surface area contributed by atoms with Crippen molar-refractivity contribution >= 4 is 32.4 Å². The number of nitrogens with zero attached hydrogens (tertiary/aromatic N) is 4. The molecule has 0 aliphatic carbocycles. The summed E-state index contributed by atoms with van der Waals surface area (Å²) >= 11 is 0.752. The third kappa shape index (κ3) is 4.72. The Morgan fingerprint density at radius 1 is 1.22 bits per heavy atom. The summed E-state index contributed by atoms with van der Waals surface area (Å²) in [6.07, 6.45) is 0. The molecule has 3 aromatic rings. The summed E-state index contributed by atoms with van der Waals surface area (Å²) in [6.45, 7) is 3.22. The lowest BCUT2D eigenvalue weighted by atomic mass is 10.2. The summed E-state index contributed by atoms with van der Waals surface area (Å²) in [7, 11) is -3.93. The predicted octanol–water partition coefficient (Wildman–Crippen LogP) is 1.66. The number of anilines is 1. The van der Waals surface area contributed by atoms with Gasteiger partial charge in [0.25, 0.3) is 10.0 Å². The summed E-state index contributed by atoms with van der Waals surface area (Å²) in [5.74, 6) is -0.0690. The van der Waals surface area contributed by atoms with Gasteiger partial charge >= 0.3 is 0 Å². The topological polar surface area (TPSA) is 140 Å². The number of carbonyl (C=O) groups excluding carboxylic acids is 1. The van der Waals surface area contributed by atoms with Crippen molar-refractivity contribution in [1.29, 1.82) is 0 Å². The number of benzene rings is 1. The van der Waals surface area contributed by atoms with E-state index in [1.54, 1.807) is 13.8 Å². The monoisotopic (exact) mass is 408 g/mol. The quantitative estimate of drug-likeness (QED) is 0.563. The maximum Gasteiger partial charge on any atom is 0.270 e. The molecule has 0 aliphatic rings. The molecule has 2 aromatic heterocycles. The molecule has 0 spiro atoms. The maximum atomic E-state index is 12.3. The fourth-order valence-electron chi connectivity index (χ4n) is 1.87. The van der Waals surface area contributed by atoms with E-state index in [0.717, 1.165) is 16.9 Å². The highest BCUT2D eigenvalue weighted by molar-refractivity contribution is 7.91. The number of nitrogens with one attached hydrogen (secondary N) is 2. The molecule has 0 fully saturated rings. The molecular formula is C15H16N6O4S2. The first kappa shape index (κ1) is 19.1. The third-order valence-electron chi connectivity index (χ3n) is 3.30. The summed E-state index contributed by atoms with van der Waals surface area (Å²) in [5, 5.41) is 13.7. The van der Waals surface area contributed by atoms with E-state index in [1.165, 1.54) is 0 Å². The zero-order valence-electron chi connectivity index (χ0n) is 14.4. The lowest BCUT2D eigenvalue weighted by Crippen LogP contribution is -2.23.